The molecule has 0 aliphatic carbocycles. The number of nitrogens with one attached hydrogen (secondary N) is 2. The van der Waals surface area contributed by atoms with Crippen LogP contribution in [0.15, 0.2) is 72.3 Å². The van der Waals surface area contributed by atoms with Crippen molar-refractivity contribution in [2.24, 2.45) is 5.92 Å². The first kappa shape index (κ1) is 60.3. The summed E-state index contributed by atoms with van der Waals surface area (Å²) in [5.41, 5.74) is 0.917. The van der Waals surface area contributed by atoms with Crippen molar-refractivity contribution in [1.29, 1.82) is 0 Å². The maximum atomic E-state index is 15.0. The molecule has 0 fully saturated rings. The summed E-state index contributed by atoms with van der Waals surface area (Å²) in [6, 6.07) is 10.8. The predicted molar refractivity (Wildman–Crippen MR) is 216 cm³/mol. The summed E-state index contributed by atoms with van der Waals surface area (Å²) < 4.78 is 259. The lowest BCUT2D eigenvalue weighted by molar-refractivity contribution is -0.461. The highest BCUT2D eigenvalue weighted by atomic mass is 28.4. The molecule has 2 aromatic rings. The number of carbonyl (C=O) groups is 2. The molecule has 27 heteroatoms. The first-order valence-corrected chi connectivity index (χ1v) is 22.6. The Morgan fingerprint density at radius 2 is 1.16 bits per heavy atom. The van der Waals surface area contributed by atoms with E-state index < -0.39 is 117 Å². The van der Waals surface area contributed by atoms with Gasteiger partial charge in [-0.05, 0) is 78.0 Å². The van der Waals surface area contributed by atoms with Crippen molar-refractivity contribution < 1.29 is 108 Å². The maximum absolute atomic E-state index is 15.0. The zero-order chi connectivity index (χ0) is 53.4. The van der Waals surface area contributed by atoms with Gasteiger partial charge in [0.25, 0.3) is 5.91 Å². The second-order valence-electron chi connectivity index (χ2n) is 16.3. The molecule has 0 radical (unpaired) electrons. The third-order valence-electron chi connectivity index (χ3n) is 10.9. The molecule has 0 spiro atoms. The zero-order valence-electron chi connectivity index (χ0n) is 37.5. The van der Waals surface area contributed by atoms with Gasteiger partial charge in [0.1, 0.15) is 24.2 Å². The number of halogens is 17. The summed E-state index contributed by atoms with van der Waals surface area (Å²) in [5.74, 6) is -57.5. The molecule has 392 valence electrons. The summed E-state index contributed by atoms with van der Waals surface area (Å²) in [4.78, 5) is 24.5. The van der Waals surface area contributed by atoms with Gasteiger partial charge in [0.15, 0.2) is 8.32 Å². The third kappa shape index (κ3) is 13.0. The van der Waals surface area contributed by atoms with Crippen LogP contribution in [0.25, 0.3) is 0 Å². The normalized spacial score (nSPS) is 15.1. The number of rotatable bonds is 25. The minimum atomic E-state index is -8.71. The fourth-order valence-electron chi connectivity index (χ4n) is 6.83. The van der Waals surface area contributed by atoms with E-state index in [4.69, 9.17) is 23.8 Å². The number of amides is 2. The van der Waals surface area contributed by atoms with Crippen molar-refractivity contribution in [3.8, 4) is 11.5 Å². The van der Waals surface area contributed by atoms with E-state index in [0.29, 0.717) is 22.6 Å². The number of hydrogen-bond donors (Lipinski definition) is 3. The number of alkyl halides is 17. The molecule has 0 unspecified atom stereocenters. The number of hydroxylamine groups is 1. The van der Waals surface area contributed by atoms with Crippen LogP contribution in [0.5, 0.6) is 11.5 Å². The van der Waals surface area contributed by atoms with E-state index in [-0.39, 0.29) is 12.2 Å². The molecule has 2 aromatic carbocycles. The van der Waals surface area contributed by atoms with Crippen LogP contribution in [0.1, 0.15) is 66.1 Å². The van der Waals surface area contributed by atoms with Gasteiger partial charge in [-0.2, -0.15) is 74.6 Å². The van der Waals surface area contributed by atoms with E-state index >= 15 is 8.78 Å². The Labute approximate surface area is 385 Å². The lowest BCUT2D eigenvalue weighted by Gasteiger charge is -2.44. The molecule has 0 aliphatic rings. The molecule has 9 nitrogen and oxygen atoms in total. The molecule has 0 saturated carbocycles. The molecule has 69 heavy (non-hydrogen) atoms. The van der Waals surface area contributed by atoms with E-state index in [1.54, 1.807) is 50.3 Å². The summed E-state index contributed by atoms with van der Waals surface area (Å²) in [6.45, 7) is 7.61. The first-order valence-electron chi connectivity index (χ1n) is 20.3. The van der Waals surface area contributed by atoms with Gasteiger partial charge in [-0.25, -0.2) is 10.3 Å². The molecule has 2 amide bonds. The summed E-state index contributed by atoms with van der Waals surface area (Å²) in [7, 11) is -2.58. The number of ether oxygens (including phenoxy) is 3. The Morgan fingerprint density at radius 3 is 1.62 bits per heavy atom. The van der Waals surface area contributed by atoms with Crippen LogP contribution in [0, 0.1) is 5.92 Å². The Balaban J connectivity index is 2.31. The molecular formula is C42H49F17N2O7Si. The quantitative estimate of drug-likeness (QED) is 0.0173. The van der Waals surface area contributed by atoms with E-state index in [1.807, 2.05) is 0 Å². The van der Waals surface area contributed by atoms with Crippen molar-refractivity contribution in [3.05, 3.63) is 77.9 Å². The number of benzene rings is 2. The third-order valence-corrected chi connectivity index (χ3v) is 16.6. The van der Waals surface area contributed by atoms with Crippen LogP contribution < -0.4 is 20.3 Å². The molecule has 0 heterocycles. The van der Waals surface area contributed by atoms with Crippen LogP contribution in [0.3, 0.4) is 0 Å². The molecule has 2 atom stereocenters. The Bertz CT molecular complexity index is 2060. The fraction of sp³-hybridized carbons (Fsp3) is 0.571. The average molecular weight is 1040 g/mol. The average Bonchev–Trinajstić information content (AvgIpc) is 3.24. The molecule has 3 N–H and O–H groups in total. The molecule has 0 aliphatic heterocycles. The van der Waals surface area contributed by atoms with E-state index in [2.05, 4.69) is 5.32 Å². The topological polar surface area (TPSA) is 115 Å². The van der Waals surface area contributed by atoms with Crippen LogP contribution >= 0.6 is 0 Å². The van der Waals surface area contributed by atoms with Gasteiger partial charge in [-0.3, -0.25) is 15.3 Å². The molecule has 0 aromatic heterocycles. The van der Waals surface area contributed by atoms with Gasteiger partial charge in [-0.1, -0.05) is 58.9 Å². The standard InChI is InChI=1S/C42H49F17N2O7Si/c1-24(2)69(25(3)4,22-19-35(43,44)36(45,46)37(47,48)38(49,50)39(51,52)40(53,54)41(55,56)42(57,58)59)67-21-20-66-31-15-11-28(12-16-31)33(27(6)10-8-9-26(5)23-32(62)61-64)68-34(63)60-29-13-17-30(65-7)18-14-29/h8-9,11-18,23-25,27,33,64H,10,19-22H2,1-7H3,(H,60,63)(H,61,62)/b9-8+,26-23+/t27-,33+/m0/s1. The van der Waals surface area contributed by atoms with Crippen molar-refractivity contribution in [1.82, 2.24) is 5.48 Å². The van der Waals surface area contributed by atoms with E-state index in [0.717, 1.165) is 6.08 Å². The Kier molecular flexibility index (Phi) is 19.7. The largest absolute Gasteiger partial charge is 0.497 e. The fourth-order valence-corrected chi connectivity index (χ4v) is 11.3. The minimum absolute atomic E-state index is 0.116. The molecular weight excluding hydrogens is 996 g/mol. The van der Waals surface area contributed by atoms with Crippen molar-refractivity contribution in [2.75, 3.05) is 25.6 Å². The lowest BCUT2D eigenvalue weighted by atomic mass is 9.88. The van der Waals surface area contributed by atoms with E-state index in [9.17, 15) is 75.4 Å². The highest BCUT2D eigenvalue weighted by molar-refractivity contribution is 6.76. The second kappa shape index (κ2) is 22.5. The number of hydrogen-bond acceptors (Lipinski definition) is 7. The van der Waals surface area contributed by atoms with E-state index in [1.165, 1.54) is 64.6 Å². The maximum Gasteiger partial charge on any atom is 0.460 e. The summed E-state index contributed by atoms with van der Waals surface area (Å²) in [6.07, 6.45) is -7.56. The molecule has 0 saturated heterocycles. The first-order chi connectivity index (χ1) is 31.3. The Morgan fingerprint density at radius 1 is 0.681 bits per heavy atom. The highest BCUT2D eigenvalue weighted by Crippen LogP contribution is 2.64. The van der Waals surface area contributed by atoms with Crippen LogP contribution in [-0.4, -0.2) is 93.5 Å². The van der Waals surface area contributed by atoms with Gasteiger partial charge in [0, 0.05) is 24.1 Å². The highest BCUT2D eigenvalue weighted by Gasteiger charge is 2.95. The number of allylic oxidation sites excluding steroid dienone is 3. The summed E-state index contributed by atoms with van der Waals surface area (Å²) in [5, 5.41) is 11.3. The molecule has 2 rings (SSSR count). The monoisotopic (exact) mass is 1040 g/mol. The number of methoxy groups -OCH3 is 1. The van der Waals surface area contributed by atoms with Gasteiger partial charge >= 0.3 is 53.7 Å². The second-order valence-corrected chi connectivity index (χ2v) is 21.3. The number of anilines is 1. The SMILES string of the molecule is COc1ccc(NC(=O)O[C@@H](c2ccc(OCCO[Si](CCC(F)(F)C(F)(F)C(F)(F)C(F)(F)C(F)(F)C(F)(F)C(F)(F)C(F)(F)F)(C(C)C)C(C)C)cc2)[C@@H](C)C/C=C/C(C)=C/C(=O)NO)cc1. The lowest BCUT2D eigenvalue weighted by Crippen LogP contribution is -2.74. The smallest absolute Gasteiger partial charge is 0.460 e. The Hall–Kier alpha value is -4.79. The van der Waals surface area contributed by atoms with Crippen molar-refractivity contribution >= 4 is 26.0 Å². The predicted octanol–water partition coefficient (Wildman–Crippen LogP) is 13.6. The van der Waals surface area contributed by atoms with Crippen LogP contribution in [0.2, 0.25) is 17.1 Å². The molecule has 0 bridgehead atoms. The summed E-state index contributed by atoms with van der Waals surface area (Å²) >= 11 is 0. The minimum Gasteiger partial charge on any atom is -0.497 e. The zero-order valence-corrected chi connectivity index (χ0v) is 38.5. The number of carbonyl (C=O) groups excluding carboxylic acids is 2. The van der Waals surface area contributed by atoms with Crippen LogP contribution in [0.4, 0.5) is 85.1 Å². The van der Waals surface area contributed by atoms with Crippen molar-refractivity contribution in [2.45, 2.75) is 125 Å². The van der Waals surface area contributed by atoms with Gasteiger partial charge in [0.05, 0.1) is 13.7 Å². The van der Waals surface area contributed by atoms with Gasteiger partial charge < -0.3 is 18.6 Å². The van der Waals surface area contributed by atoms with Crippen molar-refractivity contribution in [3.63, 3.8) is 0 Å². The van der Waals surface area contributed by atoms with Gasteiger partial charge in [0.2, 0.25) is 0 Å². The van der Waals surface area contributed by atoms with Crippen LogP contribution in [-0.2, 0) is 14.0 Å². The van der Waals surface area contributed by atoms with Gasteiger partial charge in [-0.15, -0.1) is 0 Å².